The molecule has 0 aromatic heterocycles. The van der Waals surface area contributed by atoms with Gasteiger partial charge in [-0.25, -0.2) is 0 Å². The van der Waals surface area contributed by atoms with E-state index in [1.165, 1.54) is 0 Å². The molecule has 26 heavy (non-hydrogen) atoms. The Bertz CT molecular complexity index is 711. The van der Waals surface area contributed by atoms with Crippen LogP contribution in [-0.4, -0.2) is 31.4 Å². The number of ether oxygens (including phenoxy) is 2. The van der Waals surface area contributed by atoms with Crippen LogP contribution in [0.2, 0.25) is 5.02 Å². The van der Waals surface area contributed by atoms with Crippen LogP contribution >= 0.6 is 23.4 Å². The monoisotopic (exact) mass is 393 g/mol. The molecule has 0 unspecified atom stereocenters. The molecule has 140 valence electrons. The van der Waals surface area contributed by atoms with Crippen molar-refractivity contribution >= 4 is 29.3 Å². The van der Waals surface area contributed by atoms with Crippen LogP contribution < -0.4 is 14.8 Å². The Morgan fingerprint density at radius 1 is 1.15 bits per heavy atom. The first-order valence-electron chi connectivity index (χ1n) is 8.54. The van der Waals surface area contributed by atoms with Gasteiger partial charge >= 0.3 is 0 Å². The van der Waals surface area contributed by atoms with Crippen LogP contribution in [0.3, 0.4) is 0 Å². The lowest BCUT2D eigenvalue weighted by Gasteiger charge is -2.18. The van der Waals surface area contributed by atoms with Crippen molar-refractivity contribution in [2.45, 2.75) is 25.2 Å². The van der Waals surface area contributed by atoms with E-state index < -0.39 is 6.10 Å². The number of carbonyl (C=O) groups excluding carboxylic acids is 1. The molecule has 2 aromatic carbocycles. The van der Waals surface area contributed by atoms with Crippen molar-refractivity contribution in [3.63, 3.8) is 0 Å². The molecule has 4 nitrogen and oxygen atoms in total. The van der Waals surface area contributed by atoms with Crippen LogP contribution in [0.1, 0.15) is 18.9 Å². The van der Waals surface area contributed by atoms with E-state index in [0.717, 1.165) is 22.1 Å². The van der Waals surface area contributed by atoms with Gasteiger partial charge in [0.2, 0.25) is 0 Å². The highest BCUT2D eigenvalue weighted by Crippen LogP contribution is 2.27. The molecular formula is C20H24ClNO3S. The molecule has 2 aromatic rings. The van der Waals surface area contributed by atoms with E-state index in [2.05, 4.69) is 5.32 Å². The van der Waals surface area contributed by atoms with Crippen LogP contribution in [0, 0.1) is 0 Å². The quantitative estimate of drug-likeness (QED) is 0.601. The van der Waals surface area contributed by atoms with E-state index in [0.29, 0.717) is 24.5 Å². The molecule has 0 saturated carbocycles. The topological polar surface area (TPSA) is 47.6 Å². The number of nitrogens with one attached hydrogen (secondary N) is 1. The molecule has 0 aliphatic carbocycles. The van der Waals surface area contributed by atoms with Crippen LogP contribution in [0.25, 0.3) is 0 Å². The highest BCUT2D eigenvalue weighted by Gasteiger charge is 2.19. The number of hydrogen-bond acceptors (Lipinski definition) is 4. The Morgan fingerprint density at radius 2 is 1.85 bits per heavy atom. The standard InChI is InChI=1S/C20H24ClNO3S/c1-3-17(25-19-11-7-6-10-18(19)24-2)20(23)22-12-13-26-14-15-8-4-5-9-16(15)21/h4-11,17H,3,12-14H2,1-2H3,(H,22,23)/t17-/m0/s1. The zero-order chi connectivity index (χ0) is 18.8. The first kappa shape index (κ1) is 20.5. The number of benzene rings is 2. The predicted octanol–water partition coefficient (Wildman–Crippen LogP) is 4.56. The van der Waals surface area contributed by atoms with Gasteiger partial charge in [-0.05, 0) is 30.2 Å². The van der Waals surface area contributed by atoms with E-state index in [1.807, 2.05) is 49.4 Å². The van der Waals surface area contributed by atoms with Gasteiger partial charge in [0.1, 0.15) is 0 Å². The van der Waals surface area contributed by atoms with Crippen molar-refractivity contribution < 1.29 is 14.3 Å². The van der Waals surface area contributed by atoms with Gasteiger partial charge < -0.3 is 14.8 Å². The largest absolute Gasteiger partial charge is 0.493 e. The SMILES string of the molecule is CC[C@H](Oc1ccccc1OC)C(=O)NCCSCc1ccccc1Cl. The number of rotatable bonds is 10. The fourth-order valence-corrected chi connectivity index (χ4v) is 3.49. The summed E-state index contributed by atoms with van der Waals surface area (Å²) in [6.45, 7) is 2.51. The number of para-hydroxylation sites is 2. The number of thioether (sulfide) groups is 1. The lowest BCUT2D eigenvalue weighted by molar-refractivity contribution is -0.128. The third kappa shape index (κ3) is 6.15. The number of methoxy groups -OCH3 is 1. The van der Waals surface area contributed by atoms with Gasteiger partial charge in [-0.15, -0.1) is 0 Å². The number of halogens is 1. The average Bonchev–Trinajstić information content (AvgIpc) is 2.67. The number of hydrogen-bond donors (Lipinski definition) is 1. The molecule has 2 rings (SSSR count). The average molecular weight is 394 g/mol. The molecule has 1 amide bonds. The Labute approximate surface area is 164 Å². The first-order valence-corrected chi connectivity index (χ1v) is 10.1. The van der Waals surface area contributed by atoms with Gasteiger partial charge in [0.25, 0.3) is 5.91 Å². The molecule has 0 fully saturated rings. The maximum atomic E-state index is 12.4. The molecule has 0 aliphatic heterocycles. The maximum absolute atomic E-state index is 12.4. The Hall–Kier alpha value is -1.85. The van der Waals surface area contributed by atoms with Crippen LogP contribution in [0.5, 0.6) is 11.5 Å². The van der Waals surface area contributed by atoms with Gasteiger partial charge in [-0.2, -0.15) is 11.8 Å². The molecule has 0 saturated heterocycles. The van der Waals surface area contributed by atoms with E-state index in [9.17, 15) is 4.79 Å². The maximum Gasteiger partial charge on any atom is 0.261 e. The lowest BCUT2D eigenvalue weighted by atomic mass is 10.2. The molecule has 0 bridgehead atoms. The smallest absolute Gasteiger partial charge is 0.261 e. The normalized spacial score (nSPS) is 11.7. The second kappa shape index (κ2) is 11.0. The summed E-state index contributed by atoms with van der Waals surface area (Å²) in [7, 11) is 1.58. The predicted molar refractivity (Wildman–Crippen MR) is 108 cm³/mol. The highest BCUT2D eigenvalue weighted by molar-refractivity contribution is 7.98. The van der Waals surface area contributed by atoms with Gasteiger partial charge in [-0.1, -0.05) is 48.9 Å². The zero-order valence-corrected chi connectivity index (χ0v) is 16.6. The van der Waals surface area contributed by atoms with Gasteiger partial charge in [-0.3, -0.25) is 4.79 Å². The van der Waals surface area contributed by atoms with Crippen molar-refractivity contribution in [2.24, 2.45) is 0 Å². The van der Waals surface area contributed by atoms with E-state index >= 15 is 0 Å². The molecule has 1 atom stereocenters. The van der Waals surface area contributed by atoms with Gasteiger partial charge in [0.15, 0.2) is 17.6 Å². The van der Waals surface area contributed by atoms with Crippen LogP contribution in [-0.2, 0) is 10.5 Å². The van der Waals surface area contributed by atoms with Crippen molar-refractivity contribution in [1.82, 2.24) is 5.32 Å². The van der Waals surface area contributed by atoms with E-state index in [1.54, 1.807) is 24.9 Å². The fourth-order valence-electron chi connectivity index (χ4n) is 2.35. The van der Waals surface area contributed by atoms with Gasteiger partial charge in [0, 0.05) is 23.1 Å². The molecular weight excluding hydrogens is 370 g/mol. The number of amides is 1. The zero-order valence-electron chi connectivity index (χ0n) is 15.0. The second-order valence-corrected chi connectivity index (χ2v) is 7.11. The minimum absolute atomic E-state index is 0.114. The molecule has 6 heteroatoms. The summed E-state index contributed by atoms with van der Waals surface area (Å²) in [5.41, 5.74) is 1.11. The van der Waals surface area contributed by atoms with Crippen molar-refractivity contribution in [2.75, 3.05) is 19.4 Å². The van der Waals surface area contributed by atoms with Crippen molar-refractivity contribution in [3.8, 4) is 11.5 Å². The minimum atomic E-state index is -0.542. The Balaban J connectivity index is 1.76. The molecule has 0 heterocycles. The third-order valence-corrected chi connectivity index (χ3v) is 5.14. The highest BCUT2D eigenvalue weighted by atomic mass is 35.5. The third-order valence-electron chi connectivity index (χ3n) is 3.76. The van der Waals surface area contributed by atoms with Gasteiger partial charge in [0.05, 0.1) is 7.11 Å². The minimum Gasteiger partial charge on any atom is -0.493 e. The molecule has 0 spiro atoms. The summed E-state index contributed by atoms with van der Waals surface area (Å²) in [4.78, 5) is 12.4. The second-order valence-electron chi connectivity index (χ2n) is 5.60. The molecule has 1 N–H and O–H groups in total. The van der Waals surface area contributed by atoms with Crippen LogP contribution in [0.4, 0.5) is 0 Å². The molecule has 0 radical (unpaired) electrons. The van der Waals surface area contributed by atoms with Crippen molar-refractivity contribution in [1.29, 1.82) is 0 Å². The fraction of sp³-hybridized carbons (Fsp3) is 0.350. The first-order chi connectivity index (χ1) is 12.7. The number of carbonyl (C=O) groups is 1. The Morgan fingerprint density at radius 3 is 2.54 bits per heavy atom. The summed E-state index contributed by atoms with van der Waals surface area (Å²) in [5.74, 6) is 2.71. The van der Waals surface area contributed by atoms with Crippen molar-refractivity contribution in [3.05, 3.63) is 59.1 Å². The van der Waals surface area contributed by atoms with E-state index in [4.69, 9.17) is 21.1 Å². The van der Waals surface area contributed by atoms with Crippen LogP contribution in [0.15, 0.2) is 48.5 Å². The summed E-state index contributed by atoms with van der Waals surface area (Å²) in [6.07, 6.45) is 0.0382. The Kier molecular flexibility index (Phi) is 8.65. The summed E-state index contributed by atoms with van der Waals surface area (Å²) >= 11 is 7.87. The summed E-state index contributed by atoms with van der Waals surface area (Å²) in [5, 5.41) is 3.71. The molecule has 0 aliphatic rings. The summed E-state index contributed by atoms with van der Waals surface area (Å²) in [6, 6.07) is 15.1. The van der Waals surface area contributed by atoms with E-state index in [-0.39, 0.29) is 5.91 Å². The summed E-state index contributed by atoms with van der Waals surface area (Å²) < 4.78 is 11.1. The lowest BCUT2D eigenvalue weighted by Crippen LogP contribution is -2.39.